The van der Waals surface area contributed by atoms with E-state index < -0.39 is 10.7 Å². The van der Waals surface area contributed by atoms with E-state index in [1.54, 1.807) is 18.2 Å². The fourth-order valence-electron chi connectivity index (χ4n) is 2.58. The van der Waals surface area contributed by atoms with E-state index in [0.717, 1.165) is 11.8 Å². The highest BCUT2D eigenvalue weighted by Crippen LogP contribution is 2.35. The molecule has 1 saturated heterocycles. The van der Waals surface area contributed by atoms with Crippen molar-refractivity contribution in [1.29, 1.82) is 0 Å². The molecule has 0 unspecified atom stereocenters. The number of nitro benzene ring substituents is 1. The number of hydrogen-bond donors (Lipinski definition) is 0. The lowest BCUT2D eigenvalue weighted by molar-refractivity contribution is -0.384. The SMILES string of the molecule is CCN1C(=O)/C(=C/c2cc([N+](=O)[O-])ccc2OCc2ccccc2F)SC1=S. The topological polar surface area (TPSA) is 72.7 Å². The monoisotopic (exact) mass is 418 g/mol. The molecule has 28 heavy (non-hydrogen) atoms. The third-order valence-corrected chi connectivity index (χ3v) is 5.40. The number of thiocarbonyl (C=S) groups is 1. The molecule has 1 aliphatic rings. The maximum Gasteiger partial charge on any atom is 0.270 e. The Morgan fingerprint density at radius 2 is 2.07 bits per heavy atom. The van der Waals surface area contributed by atoms with Crippen molar-refractivity contribution < 1.29 is 18.8 Å². The van der Waals surface area contributed by atoms with Crippen molar-refractivity contribution >= 4 is 46.0 Å². The molecule has 1 heterocycles. The molecular weight excluding hydrogens is 403 g/mol. The summed E-state index contributed by atoms with van der Waals surface area (Å²) in [6.45, 7) is 2.19. The molecule has 2 aromatic carbocycles. The van der Waals surface area contributed by atoms with E-state index in [4.69, 9.17) is 17.0 Å². The fourth-order valence-corrected chi connectivity index (χ4v) is 3.95. The molecule has 0 radical (unpaired) electrons. The number of likely N-dealkylation sites (N-methyl/N-ethyl adjacent to an activating group) is 1. The van der Waals surface area contributed by atoms with E-state index in [-0.39, 0.29) is 18.2 Å². The first-order valence-electron chi connectivity index (χ1n) is 8.30. The Bertz CT molecular complexity index is 994. The minimum absolute atomic E-state index is 0.0543. The van der Waals surface area contributed by atoms with Crippen LogP contribution in [0.15, 0.2) is 47.4 Å². The summed E-state index contributed by atoms with van der Waals surface area (Å²) < 4.78 is 19.9. The number of rotatable bonds is 6. The Morgan fingerprint density at radius 1 is 1.32 bits per heavy atom. The highest BCUT2D eigenvalue weighted by Gasteiger charge is 2.31. The van der Waals surface area contributed by atoms with E-state index in [1.807, 2.05) is 6.92 Å². The van der Waals surface area contributed by atoms with Crippen LogP contribution in [0.5, 0.6) is 5.75 Å². The van der Waals surface area contributed by atoms with Crippen molar-refractivity contribution in [3.05, 3.63) is 74.4 Å². The lowest BCUT2D eigenvalue weighted by atomic mass is 10.1. The molecule has 144 valence electrons. The molecule has 2 aromatic rings. The molecule has 3 rings (SSSR count). The van der Waals surface area contributed by atoms with Crippen LogP contribution in [0, 0.1) is 15.9 Å². The van der Waals surface area contributed by atoms with E-state index in [2.05, 4.69) is 0 Å². The van der Waals surface area contributed by atoms with Gasteiger partial charge >= 0.3 is 0 Å². The van der Waals surface area contributed by atoms with Crippen LogP contribution in [0.25, 0.3) is 6.08 Å². The molecule has 9 heteroatoms. The predicted octanol–water partition coefficient (Wildman–Crippen LogP) is 4.53. The van der Waals surface area contributed by atoms with Gasteiger partial charge in [-0.05, 0) is 25.1 Å². The van der Waals surface area contributed by atoms with Gasteiger partial charge in [0.2, 0.25) is 0 Å². The number of nitro groups is 1. The van der Waals surface area contributed by atoms with Gasteiger partial charge in [-0.3, -0.25) is 19.8 Å². The predicted molar refractivity (Wildman–Crippen MR) is 109 cm³/mol. The summed E-state index contributed by atoms with van der Waals surface area (Å²) in [6, 6.07) is 10.2. The molecular formula is C19H15FN2O4S2. The minimum atomic E-state index is -0.532. The highest BCUT2D eigenvalue weighted by atomic mass is 32.2. The number of non-ortho nitro benzene ring substituents is 1. The zero-order valence-electron chi connectivity index (χ0n) is 14.8. The number of hydrogen-bond acceptors (Lipinski definition) is 6. The van der Waals surface area contributed by atoms with Crippen LogP contribution in [0.1, 0.15) is 18.1 Å². The summed E-state index contributed by atoms with van der Waals surface area (Å²) in [4.78, 5) is 24.8. The van der Waals surface area contributed by atoms with Gasteiger partial charge in [0.1, 0.15) is 22.5 Å². The quantitative estimate of drug-likeness (QED) is 0.297. The molecule has 0 bridgehead atoms. The molecule has 0 atom stereocenters. The molecule has 0 aliphatic carbocycles. The van der Waals surface area contributed by atoms with Crippen LogP contribution in [-0.4, -0.2) is 26.6 Å². The number of halogens is 1. The van der Waals surface area contributed by atoms with Crippen LogP contribution in [-0.2, 0) is 11.4 Å². The van der Waals surface area contributed by atoms with Gasteiger partial charge in [0.05, 0.1) is 9.83 Å². The third-order valence-electron chi connectivity index (χ3n) is 4.02. The van der Waals surface area contributed by atoms with Gasteiger partial charge in [-0.25, -0.2) is 4.39 Å². The minimum Gasteiger partial charge on any atom is -0.488 e. The number of benzene rings is 2. The first-order valence-corrected chi connectivity index (χ1v) is 9.53. The molecule has 1 fully saturated rings. The smallest absolute Gasteiger partial charge is 0.270 e. The number of amides is 1. The van der Waals surface area contributed by atoms with Gasteiger partial charge in [-0.1, -0.05) is 42.2 Å². The van der Waals surface area contributed by atoms with Crippen LogP contribution in [0.2, 0.25) is 0 Å². The lowest BCUT2D eigenvalue weighted by Crippen LogP contribution is -2.27. The summed E-state index contributed by atoms with van der Waals surface area (Å²) in [7, 11) is 0. The molecule has 0 aromatic heterocycles. The Kier molecular flexibility index (Phi) is 6.05. The number of carbonyl (C=O) groups excluding carboxylic acids is 1. The summed E-state index contributed by atoms with van der Waals surface area (Å²) in [5.41, 5.74) is 0.557. The van der Waals surface area contributed by atoms with Crippen molar-refractivity contribution in [2.45, 2.75) is 13.5 Å². The van der Waals surface area contributed by atoms with Crippen LogP contribution in [0.4, 0.5) is 10.1 Å². The van der Waals surface area contributed by atoms with Crippen molar-refractivity contribution in [1.82, 2.24) is 4.90 Å². The molecule has 0 saturated carbocycles. The molecule has 0 N–H and O–H groups in total. The fraction of sp³-hybridized carbons (Fsp3) is 0.158. The Labute approximate surface area is 170 Å². The van der Waals surface area contributed by atoms with E-state index >= 15 is 0 Å². The first-order chi connectivity index (χ1) is 13.4. The summed E-state index contributed by atoms with van der Waals surface area (Å²) in [5, 5.41) is 11.1. The average Bonchev–Trinajstić information content (AvgIpc) is 2.94. The van der Waals surface area contributed by atoms with Gasteiger partial charge in [0.25, 0.3) is 11.6 Å². The van der Waals surface area contributed by atoms with Gasteiger partial charge in [0.15, 0.2) is 0 Å². The Hall–Kier alpha value is -2.78. The molecule has 0 spiro atoms. The van der Waals surface area contributed by atoms with Crippen molar-refractivity contribution in [2.75, 3.05) is 6.54 Å². The number of ether oxygens (including phenoxy) is 1. The van der Waals surface area contributed by atoms with Gasteiger partial charge in [0, 0.05) is 29.8 Å². The largest absolute Gasteiger partial charge is 0.488 e. The summed E-state index contributed by atoms with van der Waals surface area (Å²) in [5.74, 6) is -0.366. The van der Waals surface area contributed by atoms with E-state index in [0.29, 0.717) is 32.6 Å². The average molecular weight is 418 g/mol. The van der Waals surface area contributed by atoms with Gasteiger partial charge < -0.3 is 4.74 Å². The van der Waals surface area contributed by atoms with Crippen molar-refractivity contribution in [3.8, 4) is 5.75 Å². The second kappa shape index (κ2) is 8.49. The Balaban J connectivity index is 1.94. The second-order valence-electron chi connectivity index (χ2n) is 5.79. The number of nitrogens with zero attached hydrogens (tertiary/aromatic N) is 2. The van der Waals surface area contributed by atoms with Gasteiger partial charge in [-0.15, -0.1) is 0 Å². The number of thioether (sulfide) groups is 1. The number of carbonyl (C=O) groups is 1. The standard InChI is InChI=1S/C19H15FN2O4S2/c1-2-21-18(23)17(28-19(21)27)10-13-9-14(22(24)25)7-8-16(13)26-11-12-5-3-4-6-15(12)20/h3-10H,2,11H2,1H3/b17-10-. The maximum atomic E-state index is 13.8. The normalized spacial score (nSPS) is 15.4. The van der Waals surface area contributed by atoms with Crippen LogP contribution < -0.4 is 4.74 Å². The van der Waals surface area contributed by atoms with Crippen LogP contribution in [0.3, 0.4) is 0 Å². The van der Waals surface area contributed by atoms with Crippen molar-refractivity contribution in [3.63, 3.8) is 0 Å². The third kappa shape index (κ3) is 4.20. The molecule has 6 nitrogen and oxygen atoms in total. The highest BCUT2D eigenvalue weighted by molar-refractivity contribution is 8.26. The van der Waals surface area contributed by atoms with Gasteiger partial charge in [-0.2, -0.15) is 0 Å². The Morgan fingerprint density at radius 3 is 2.71 bits per heavy atom. The zero-order valence-corrected chi connectivity index (χ0v) is 16.4. The first kappa shape index (κ1) is 20.0. The maximum absolute atomic E-state index is 13.8. The van der Waals surface area contributed by atoms with E-state index in [9.17, 15) is 19.3 Å². The zero-order chi connectivity index (χ0) is 20.3. The lowest BCUT2D eigenvalue weighted by Gasteiger charge is -2.11. The molecule has 1 aliphatic heterocycles. The summed E-state index contributed by atoms with van der Waals surface area (Å²) >= 11 is 6.31. The van der Waals surface area contributed by atoms with E-state index in [1.165, 1.54) is 35.2 Å². The second-order valence-corrected chi connectivity index (χ2v) is 7.46. The summed E-state index contributed by atoms with van der Waals surface area (Å²) in [6.07, 6.45) is 1.51. The molecule has 1 amide bonds. The van der Waals surface area contributed by atoms with Crippen molar-refractivity contribution in [2.24, 2.45) is 0 Å². The van der Waals surface area contributed by atoms with Crippen LogP contribution >= 0.6 is 24.0 Å².